The maximum Gasteiger partial charge on any atom is 0.355 e. The molecule has 0 spiro atoms. The lowest BCUT2D eigenvalue weighted by Gasteiger charge is -2.06. The highest BCUT2D eigenvalue weighted by atomic mass is 35.5. The van der Waals surface area contributed by atoms with Crippen LogP contribution in [0.3, 0.4) is 0 Å². The Morgan fingerprint density at radius 3 is 2.62 bits per heavy atom. The van der Waals surface area contributed by atoms with Gasteiger partial charge in [-0.15, -0.1) is 22.7 Å². The van der Waals surface area contributed by atoms with Crippen LogP contribution in [0.2, 0.25) is 5.02 Å². The minimum Gasteiger partial charge on any atom is -0.422 e. The van der Waals surface area contributed by atoms with Crippen molar-refractivity contribution in [2.45, 2.75) is 0 Å². The van der Waals surface area contributed by atoms with Crippen molar-refractivity contribution in [2.75, 3.05) is 0 Å². The molecule has 0 fully saturated rings. The van der Waals surface area contributed by atoms with Gasteiger partial charge in [0.05, 0.1) is 16.1 Å². The number of rotatable bonds is 5. The van der Waals surface area contributed by atoms with Crippen LogP contribution < -0.4 is 10.2 Å². The second-order valence-electron chi connectivity index (χ2n) is 5.85. The molecule has 8 heteroatoms. The van der Waals surface area contributed by atoms with Crippen molar-refractivity contribution in [1.29, 1.82) is 0 Å². The predicted octanol–water partition coefficient (Wildman–Crippen LogP) is 5.60. The van der Waals surface area contributed by atoms with Crippen LogP contribution in [-0.2, 0) is 0 Å². The second-order valence-corrected chi connectivity index (χ2v) is 8.22. The van der Waals surface area contributed by atoms with Crippen molar-refractivity contribution < 1.29 is 14.3 Å². The van der Waals surface area contributed by atoms with Crippen molar-refractivity contribution in [3.05, 3.63) is 86.4 Å². The van der Waals surface area contributed by atoms with Gasteiger partial charge in [-0.05, 0) is 29.6 Å². The molecule has 4 aromatic rings. The number of nitrogens with zero attached hydrogens (tertiary/aromatic N) is 1. The van der Waals surface area contributed by atoms with E-state index in [1.165, 1.54) is 28.9 Å². The summed E-state index contributed by atoms with van der Waals surface area (Å²) in [5, 5.41) is 6.97. The average molecular weight is 441 g/mol. The lowest BCUT2D eigenvalue weighted by Crippen LogP contribution is -2.16. The van der Waals surface area contributed by atoms with Crippen LogP contribution in [0.4, 0.5) is 0 Å². The molecule has 29 heavy (non-hydrogen) atoms. The molecule has 1 N–H and O–H groups in total. The largest absolute Gasteiger partial charge is 0.422 e. The first-order valence-corrected chi connectivity index (χ1v) is 10.6. The van der Waals surface area contributed by atoms with Crippen molar-refractivity contribution in [2.24, 2.45) is 5.10 Å². The third-order valence-electron chi connectivity index (χ3n) is 3.96. The van der Waals surface area contributed by atoms with E-state index in [4.69, 9.17) is 16.3 Å². The van der Waals surface area contributed by atoms with Crippen LogP contribution in [0.25, 0.3) is 10.1 Å². The second kappa shape index (κ2) is 8.57. The molecule has 1 amide bonds. The molecule has 5 nitrogen and oxygen atoms in total. The number of fused-ring (bicyclic) bond motifs is 1. The number of nitrogens with one attached hydrogen (secondary N) is 1. The molecule has 2 heterocycles. The highest BCUT2D eigenvalue weighted by Gasteiger charge is 2.19. The van der Waals surface area contributed by atoms with Crippen molar-refractivity contribution in [1.82, 2.24) is 5.43 Å². The summed E-state index contributed by atoms with van der Waals surface area (Å²) in [6.45, 7) is 0. The number of hydrogen-bond donors (Lipinski definition) is 1. The Morgan fingerprint density at radius 1 is 1.03 bits per heavy atom. The van der Waals surface area contributed by atoms with Gasteiger partial charge >= 0.3 is 5.97 Å². The molecule has 144 valence electrons. The summed E-state index contributed by atoms with van der Waals surface area (Å²) >= 11 is 8.97. The minimum atomic E-state index is -0.542. The van der Waals surface area contributed by atoms with Gasteiger partial charge in [-0.3, -0.25) is 4.79 Å². The Balaban J connectivity index is 1.52. The Morgan fingerprint density at radius 2 is 1.83 bits per heavy atom. The molecule has 0 atom stereocenters. The normalized spacial score (nSPS) is 11.1. The molecule has 0 bridgehead atoms. The standard InChI is InChI=1S/C21H13ClN2O3S2/c22-18-14-7-2-4-9-16(14)29-19(18)21(26)27-15-8-3-1-6-13(15)12-23-24-20(25)17-10-5-11-28-17/h1-12H,(H,24,25)/b23-12-. The number of ether oxygens (including phenoxy) is 1. The number of hydrazone groups is 1. The fourth-order valence-corrected chi connectivity index (χ4v) is 4.59. The zero-order valence-electron chi connectivity index (χ0n) is 14.8. The lowest BCUT2D eigenvalue weighted by molar-refractivity contribution is 0.0739. The number of halogens is 1. The highest BCUT2D eigenvalue weighted by Crippen LogP contribution is 2.35. The molecule has 0 aliphatic rings. The molecular formula is C21H13ClN2O3S2. The summed E-state index contributed by atoms with van der Waals surface area (Å²) in [6.07, 6.45) is 1.43. The van der Waals surface area contributed by atoms with Gasteiger partial charge in [0, 0.05) is 15.6 Å². The van der Waals surface area contributed by atoms with Crippen LogP contribution in [0, 0.1) is 0 Å². The summed E-state index contributed by atoms with van der Waals surface area (Å²) in [4.78, 5) is 25.5. The van der Waals surface area contributed by atoms with E-state index < -0.39 is 5.97 Å². The van der Waals surface area contributed by atoms with Gasteiger partial charge in [-0.25, -0.2) is 10.2 Å². The van der Waals surface area contributed by atoms with Gasteiger partial charge in [0.2, 0.25) is 0 Å². The number of para-hydroxylation sites is 1. The molecule has 2 aromatic heterocycles. The number of carbonyl (C=O) groups is 2. The van der Waals surface area contributed by atoms with E-state index in [1.54, 1.807) is 36.4 Å². The average Bonchev–Trinajstić information content (AvgIpc) is 3.38. The van der Waals surface area contributed by atoms with Crippen LogP contribution >= 0.6 is 34.3 Å². The minimum absolute atomic E-state index is 0.303. The van der Waals surface area contributed by atoms with Crippen molar-refractivity contribution in [3.8, 4) is 5.75 Å². The summed E-state index contributed by atoms with van der Waals surface area (Å²) in [5.41, 5.74) is 3.00. The fourth-order valence-electron chi connectivity index (χ4n) is 2.59. The van der Waals surface area contributed by atoms with Crippen LogP contribution in [0.15, 0.2) is 71.1 Å². The summed E-state index contributed by atoms with van der Waals surface area (Å²) < 4.78 is 6.47. The first-order chi connectivity index (χ1) is 14.1. The molecule has 0 saturated heterocycles. The number of thiophene rings is 2. The molecule has 0 saturated carbocycles. The Hall–Kier alpha value is -3.00. The Kier molecular flexibility index (Phi) is 5.71. The number of esters is 1. The quantitative estimate of drug-likeness (QED) is 0.190. The smallest absolute Gasteiger partial charge is 0.355 e. The van der Waals surface area contributed by atoms with Gasteiger partial charge in [0.15, 0.2) is 0 Å². The van der Waals surface area contributed by atoms with Crippen LogP contribution in [0.1, 0.15) is 24.9 Å². The Bertz CT molecular complexity index is 1220. The van der Waals surface area contributed by atoms with E-state index in [2.05, 4.69) is 10.5 Å². The van der Waals surface area contributed by atoms with Gasteiger partial charge in [-0.2, -0.15) is 5.10 Å². The third-order valence-corrected chi connectivity index (χ3v) is 6.48. The fraction of sp³-hybridized carbons (Fsp3) is 0. The number of carbonyl (C=O) groups excluding carboxylic acids is 2. The monoisotopic (exact) mass is 440 g/mol. The molecular weight excluding hydrogens is 428 g/mol. The van der Waals surface area contributed by atoms with E-state index in [9.17, 15) is 9.59 Å². The van der Waals surface area contributed by atoms with E-state index >= 15 is 0 Å². The van der Waals surface area contributed by atoms with Crippen molar-refractivity contribution in [3.63, 3.8) is 0 Å². The Labute approximate surface area is 179 Å². The third kappa shape index (κ3) is 4.22. The maximum absolute atomic E-state index is 12.7. The number of benzene rings is 2. The molecule has 4 rings (SSSR count). The SMILES string of the molecule is O=C(N/N=C\c1ccccc1OC(=O)c1sc2ccccc2c1Cl)c1cccs1. The molecule has 0 radical (unpaired) electrons. The van der Waals surface area contributed by atoms with Gasteiger partial charge in [0.1, 0.15) is 10.6 Å². The van der Waals surface area contributed by atoms with Gasteiger partial charge in [-0.1, -0.05) is 48.0 Å². The number of hydrogen-bond acceptors (Lipinski definition) is 6. The number of amides is 1. The topological polar surface area (TPSA) is 67.8 Å². The van der Waals surface area contributed by atoms with E-state index in [1.807, 2.05) is 29.6 Å². The van der Waals surface area contributed by atoms with Crippen LogP contribution in [0.5, 0.6) is 5.75 Å². The summed E-state index contributed by atoms with van der Waals surface area (Å²) in [6, 6.07) is 17.9. The van der Waals surface area contributed by atoms with E-state index in [0.717, 1.165) is 10.1 Å². The predicted molar refractivity (Wildman–Crippen MR) is 118 cm³/mol. The molecule has 0 aliphatic carbocycles. The van der Waals surface area contributed by atoms with Crippen molar-refractivity contribution >= 4 is 62.5 Å². The molecule has 2 aromatic carbocycles. The van der Waals surface area contributed by atoms with E-state index in [0.29, 0.717) is 26.1 Å². The van der Waals surface area contributed by atoms with Crippen LogP contribution in [-0.4, -0.2) is 18.1 Å². The first-order valence-electron chi connectivity index (χ1n) is 8.48. The zero-order valence-corrected chi connectivity index (χ0v) is 17.2. The highest BCUT2D eigenvalue weighted by molar-refractivity contribution is 7.21. The maximum atomic E-state index is 12.7. The summed E-state index contributed by atoms with van der Waals surface area (Å²) in [7, 11) is 0. The van der Waals surface area contributed by atoms with Gasteiger partial charge in [0.25, 0.3) is 5.91 Å². The molecule has 0 unspecified atom stereocenters. The zero-order chi connectivity index (χ0) is 20.2. The first kappa shape index (κ1) is 19.3. The van der Waals surface area contributed by atoms with E-state index in [-0.39, 0.29) is 5.91 Å². The van der Waals surface area contributed by atoms with Gasteiger partial charge < -0.3 is 4.74 Å². The molecule has 0 aliphatic heterocycles. The summed E-state index contributed by atoms with van der Waals surface area (Å²) in [5.74, 6) is -0.525. The lowest BCUT2D eigenvalue weighted by atomic mass is 10.2.